The first kappa shape index (κ1) is 21.3. The van der Waals surface area contributed by atoms with Crippen molar-refractivity contribution < 1.29 is 4.74 Å². The van der Waals surface area contributed by atoms with Crippen LogP contribution in [0.2, 0.25) is 0 Å². The van der Waals surface area contributed by atoms with Crippen LogP contribution < -0.4 is 16.0 Å². The number of hydrogen-bond donors (Lipinski definition) is 0. The number of nitrogens with zero attached hydrogens (tertiary/aromatic N) is 5. The Kier molecular flexibility index (Phi) is 5.63. The predicted octanol–water partition coefficient (Wildman–Crippen LogP) is 2.44. The highest BCUT2D eigenvalue weighted by atomic mass is 32.2. The van der Waals surface area contributed by atoms with Crippen molar-refractivity contribution in [2.24, 2.45) is 14.1 Å². The molecule has 3 aromatic rings. The molecule has 1 saturated heterocycles. The fraction of sp³-hybridized carbons (Fsp3) is 0.522. The van der Waals surface area contributed by atoms with Crippen LogP contribution in [-0.4, -0.2) is 47.4 Å². The zero-order valence-electron chi connectivity index (χ0n) is 18.8. The number of hydrogen-bond acceptors (Lipinski definition) is 6. The smallest absolute Gasteiger partial charge is 0.332 e. The summed E-state index contributed by atoms with van der Waals surface area (Å²) in [6.45, 7) is 4.48. The first-order valence-corrected chi connectivity index (χ1v) is 12.0. The van der Waals surface area contributed by atoms with Gasteiger partial charge in [0.15, 0.2) is 11.2 Å². The third-order valence-corrected chi connectivity index (χ3v) is 7.66. The summed E-state index contributed by atoms with van der Waals surface area (Å²) in [6, 6.07) is 8.58. The van der Waals surface area contributed by atoms with Crippen molar-refractivity contribution >= 4 is 23.1 Å². The topological polar surface area (TPSA) is 74.3 Å². The van der Waals surface area contributed by atoms with Gasteiger partial charge in [-0.25, -0.2) is 4.79 Å². The number of aromatic nitrogens is 4. The van der Waals surface area contributed by atoms with Crippen LogP contribution in [0.4, 0.5) is 0 Å². The molecule has 32 heavy (non-hydrogen) atoms. The molecule has 0 bridgehead atoms. The van der Waals surface area contributed by atoms with Gasteiger partial charge in [-0.05, 0) is 38.2 Å². The molecule has 0 amide bonds. The summed E-state index contributed by atoms with van der Waals surface area (Å²) < 4.78 is 13.2. The summed E-state index contributed by atoms with van der Waals surface area (Å²) in [5.74, 6) is 0. The van der Waals surface area contributed by atoms with Gasteiger partial charge in [-0.15, -0.1) is 0 Å². The fourth-order valence-corrected chi connectivity index (χ4v) is 5.44. The fourth-order valence-electron chi connectivity index (χ4n) is 4.24. The summed E-state index contributed by atoms with van der Waals surface area (Å²) in [7, 11) is 3.15. The van der Waals surface area contributed by atoms with Gasteiger partial charge >= 0.3 is 5.69 Å². The molecule has 3 heterocycles. The monoisotopic (exact) mass is 455 g/mol. The maximum atomic E-state index is 13.1. The number of benzene rings is 1. The van der Waals surface area contributed by atoms with E-state index < -0.39 is 0 Å². The second-order valence-corrected chi connectivity index (χ2v) is 10.3. The van der Waals surface area contributed by atoms with E-state index in [-0.39, 0.29) is 17.4 Å². The van der Waals surface area contributed by atoms with Crippen LogP contribution in [0.1, 0.15) is 36.8 Å². The molecule has 170 valence electrons. The number of imidazole rings is 1. The molecule has 2 fully saturated rings. The molecule has 1 aliphatic carbocycles. The lowest BCUT2D eigenvalue weighted by Gasteiger charge is -2.31. The van der Waals surface area contributed by atoms with E-state index in [2.05, 4.69) is 15.4 Å². The van der Waals surface area contributed by atoms with Gasteiger partial charge < -0.3 is 4.74 Å². The van der Waals surface area contributed by atoms with E-state index in [4.69, 9.17) is 4.74 Å². The van der Waals surface area contributed by atoms with E-state index in [0.717, 1.165) is 46.9 Å². The second-order valence-electron chi connectivity index (χ2n) is 8.90. The lowest BCUT2D eigenvalue weighted by Crippen LogP contribution is -2.37. The van der Waals surface area contributed by atoms with Gasteiger partial charge in [0.05, 0.1) is 6.54 Å². The van der Waals surface area contributed by atoms with E-state index in [1.54, 1.807) is 7.05 Å². The molecule has 2 aromatic heterocycles. The van der Waals surface area contributed by atoms with Gasteiger partial charge in [0, 0.05) is 32.4 Å². The van der Waals surface area contributed by atoms with Crippen molar-refractivity contribution in [2.45, 2.75) is 50.5 Å². The highest BCUT2D eigenvalue weighted by Gasteiger charge is 2.30. The van der Waals surface area contributed by atoms with Gasteiger partial charge in [-0.1, -0.05) is 41.8 Å². The van der Waals surface area contributed by atoms with Gasteiger partial charge in [0.25, 0.3) is 11.6 Å². The van der Waals surface area contributed by atoms with Crippen molar-refractivity contribution in [3.05, 3.63) is 56.2 Å². The minimum atomic E-state index is -0.389. The zero-order chi connectivity index (χ0) is 22.4. The molecule has 5 rings (SSSR count). The summed E-state index contributed by atoms with van der Waals surface area (Å²) in [4.78, 5) is 30.2. The van der Waals surface area contributed by atoms with Crippen LogP contribution in [-0.2, 0) is 20.6 Å². The molecule has 0 radical (unpaired) electrons. The van der Waals surface area contributed by atoms with Crippen molar-refractivity contribution in [3.8, 4) is 6.01 Å². The zero-order valence-corrected chi connectivity index (χ0v) is 19.6. The molecule has 0 spiro atoms. The van der Waals surface area contributed by atoms with Gasteiger partial charge in [-0.2, -0.15) is 4.98 Å². The first-order valence-electron chi connectivity index (χ1n) is 11.2. The largest absolute Gasteiger partial charge is 0.461 e. The average Bonchev–Trinajstić information content (AvgIpc) is 3.53. The SMILES string of the molecule is Cc1cccc(Cn2c(OC3CCN(SC4CC4)CC3)nc3c2c(=O)n(C)c(=O)n3C)c1. The van der Waals surface area contributed by atoms with Crippen LogP contribution in [0.3, 0.4) is 0 Å². The standard InChI is InChI=1S/C23H29N5O3S/c1-15-5-4-6-16(13-15)14-28-19-20(25(2)23(30)26(3)21(19)29)24-22(28)31-17-9-11-27(12-10-17)32-18-7-8-18/h4-6,13,17-18H,7-12,14H2,1-3H3. The first-order chi connectivity index (χ1) is 15.4. The van der Waals surface area contributed by atoms with Crippen LogP contribution in [0.15, 0.2) is 33.9 Å². The average molecular weight is 456 g/mol. The quantitative estimate of drug-likeness (QED) is 0.532. The maximum Gasteiger partial charge on any atom is 0.332 e. The highest BCUT2D eigenvalue weighted by molar-refractivity contribution is 7.97. The Bertz CT molecular complexity index is 1270. The van der Waals surface area contributed by atoms with Crippen LogP contribution in [0.25, 0.3) is 11.2 Å². The Labute approximate surface area is 190 Å². The van der Waals surface area contributed by atoms with E-state index in [1.165, 1.54) is 24.5 Å². The highest BCUT2D eigenvalue weighted by Crippen LogP contribution is 2.37. The molecule has 0 atom stereocenters. The summed E-state index contributed by atoms with van der Waals surface area (Å²) in [5, 5.41) is 0.809. The molecular formula is C23H29N5O3S. The predicted molar refractivity (Wildman–Crippen MR) is 126 cm³/mol. The van der Waals surface area contributed by atoms with Gasteiger partial charge in [0.1, 0.15) is 6.10 Å². The minimum Gasteiger partial charge on any atom is -0.461 e. The van der Waals surface area contributed by atoms with Crippen molar-refractivity contribution in [2.75, 3.05) is 13.1 Å². The van der Waals surface area contributed by atoms with Crippen molar-refractivity contribution in [3.63, 3.8) is 0 Å². The molecule has 9 heteroatoms. The number of piperidine rings is 1. The van der Waals surface area contributed by atoms with E-state index in [1.807, 2.05) is 41.6 Å². The molecule has 0 N–H and O–H groups in total. The Morgan fingerprint density at radius 1 is 1.09 bits per heavy atom. The molecule has 1 aromatic carbocycles. The van der Waals surface area contributed by atoms with Gasteiger partial charge in [0.2, 0.25) is 0 Å². The Morgan fingerprint density at radius 3 is 2.53 bits per heavy atom. The van der Waals surface area contributed by atoms with E-state index in [0.29, 0.717) is 23.7 Å². The number of fused-ring (bicyclic) bond motifs is 1. The van der Waals surface area contributed by atoms with Crippen LogP contribution >= 0.6 is 11.9 Å². The summed E-state index contributed by atoms with van der Waals surface area (Å²) in [5.41, 5.74) is 2.22. The van der Waals surface area contributed by atoms with E-state index in [9.17, 15) is 9.59 Å². The normalized spacial score (nSPS) is 17.8. The maximum absolute atomic E-state index is 13.1. The molecule has 1 aliphatic heterocycles. The van der Waals surface area contributed by atoms with Crippen molar-refractivity contribution in [1.82, 2.24) is 23.0 Å². The number of rotatable bonds is 6. The van der Waals surface area contributed by atoms with Gasteiger partial charge in [-0.3, -0.25) is 22.8 Å². The lowest BCUT2D eigenvalue weighted by atomic mass is 10.1. The Hall–Kier alpha value is -2.52. The lowest BCUT2D eigenvalue weighted by molar-refractivity contribution is 0.123. The molecule has 8 nitrogen and oxygen atoms in total. The summed E-state index contributed by atoms with van der Waals surface area (Å²) in [6.07, 6.45) is 4.55. The van der Waals surface area contributed by atoms with Crippen molar-refractivity contribution in [1.29, 1.82) is 0 Å². The van der Waals surface area contributed by atoms with Crippen LogP contribution in [0.5, 0.6) is 6.01 Å². The third kappa shape index (κ3) is 4.11. The minimum absolute atomic E-state index is 0.0417. The third-order valence-electron chi connectivity index (χ3n) is 6.23. The Morgan fingerprint density at radius 2 is 1.84 bits per heavy atom. The van der Waals surface area contributed by atoms with Crippen LogP contribution in [0, 0.1) is 6.92 Å². The molecular weight excluding hydrogens is 426 g/mol. The summed E-state index contributed by atoms with van der Waals surface area (Å²) >= 11 is 1.99. The molecule has 0 unspecified atom stereocenters. The Balaban J connectivity index is 1.49. The molecule has 1 saturated carbocycles. The number of aryl methyl sites for hydroxylation is 2. The second kappa shape index (κ2) is 8.44. The number of ether oxygens (including phenoxy) is 1. The van der Waals surface area contributed by atoms with E-state index >= 15 is 0 Å². The molecule has 2 aliphatic rings.